The maximum absolute atomic E-state index is 13.0. The van der Waals surface area contributed by atoms with Gasteiger partial charge in [0.1, 0.15) is 6.17 Å². The Morgan fingerprint density at radius 2 is 2.33 bits per heavy atom. The number of alkyl halides is 1. The van der Waals surface area contributed by atoms with E-state index in [9.17, 15) is 4.39 Å². The van der Waals surface area contributed by atoms with Crippen LogP contribution in [0.4, 0.5) is 4.39 Å². The van der Waals surface area contributed by atoms with Gasteiger partial charge >= 0.3 is 0 Å². The van der Waals surface area contributed by atoms with Gasteiger partial charge in [-0.15, -0.1) is 0 Å². The van der Waals surface area contributed by atoms with E-state index in [1.165, 1.54) is 0 Å². The van der Waals surface area contributed by atoms with Crippen LogP contribution < -0.4 is 5.32 Å². The van der Waals surface area contributed by atoms with E-state index in [4.69, 9.17) is 1.37 Å². The smallest absolute Gasteiger partial charge is 0.115 e. The van der Waals surface area contributed by atoms with Gasteiger partial charge in [0.25, 0.3) is 0 Å². The van der Waals surface area contributed by atoms with Crippen LogP contribution in [0.25, 0.3) is 0 Å². The van der Waals surface area contributed by atoms with Crippen LogP contribution in [0.2, 0.25) is 0 Å². The standard InChI is InChI=1S/C7H12FN/c8-6-3-1-5-2-4-7(6)9-5/h5-7,9H,1-4H2/t5-,6-,7-/m1/s1/i3D/t3-,5+,6+,7+/m0. The number of hydrogen-bond donors (Lipinski definition) is 1. The van der Waals surface area contributed by atoms with Gasteiger partial charge < -0.3 is 5.32 Å². The Hall–Kier alpha value is -0.110. The zero-order valence-corrected chi connectivity index (χ0v) is 5.31. The van der Waals surface area contributed by atoms with Crippen molar-refractivity contribution in [3.05, 3.63) is 0 Å². The third-order valence-corrected chi connectivity index (χ3v) is 2.31. The van der Waals surface area contributed by atoms with Crippen LogP contribution in [0.15, 0.2) is 0 Å². The highest BCUT2D eigenvalue weighted by Gasteiger charge is 2.34. The predicted molar refractivity (Wildman–Crippen MR) is 34.1 cm³/mol. The minimum atomic E-state index is -0.918. The van der Waals surface area contributed by atoms with Crippen molar-refractivity contribution in [1.29, 1.82) is 0 Å². The molecule has 1 nitrogen and oxygen atoms in total. The summed E-state index contributed by atoms with van der Waals surface area (Å²) in [5.74, 6) is 0. The molecule has 0 amide bonds. The Morgan fingerprint density at radius 1 is 1.44 bits per heavy atom. The Kier molecular flexibility index (Phi) is 1.01. The summed E-state index contributed by atoms with van der Waals surface area (Å²) in [6.07, 6.45) is 1.33. The molecule has 2 bridgehead atoms. The van der Waals surface area contributed by atoms with Crippen LogP contribution in [-0.4, -0.2) is 18.3 Å². The van der Waals surface area contributed by atoms with E-state index in [0.29, 0.717) is 12.5 Å². The van der Waals surface area contributed by atoms with Gasteiger partial charge in [-0.25, -0.2) is 4.39 Å². The second-order valence-electron chi connectivity index (χ2n) is 2.96. The van der Waals surface area contributed by atoms with Gasteiger partial charge in [-0.2, -0.15) is 0 Å². The number of fused-ring (bicyclic) bond motifs is 2. The third-order valence-electron chi connectivity index (χ3n) is 2.31. The summed E-state index contributed by atoms with van der Waals surface area (Å²) in [6, 6.07) is 0.445. The van der Waals surface area contributed by atoms with E-state index in [0.717, 1.165) is 12.8 Å². The number of halogens is 1. The summed E-state index contributed by atoms with van der Waals surface area (Å²) in [7, 11) is 0. The lowest BCUT2D eigenvalue weighted by Gasteiger charge is -2.23. The molecule has 2 heterocycles. The molecule has 52 valence electrons. The van der Waals surface area contributed by atoms with Crippen molar-refractivity contribution < 1.29 is 5.76 Å². The molecule has 0 aromatic heterocycles. The molecule has 0 unspecified atom stereocenters. The van der Waals surface area contributed by atoms with Gasteiger partial charge in [-0.1, -0.05) is 0 Å². The van der Waals surface area contributed by atoms with Crippen molar-refractivity contribution in [2.24, 2.45) is 0 Å². The minimum absolute atomic E-state index is 0.00116. The minimum Gasteiger partial charge on any atom is -0.308 e. The van der Waals surface area contributed by atoms with Crippen LogP contribution in [0.5, 0.6) is 0 Å². The first kappa shape index (κ1) is 4.67. The first-order chi connectivity index (χ1) is 4.77. The van der Waals surface area contributed by atoms with Crippen molar-refractivity contribution in [1.82, 2.24) is 5.32 Å². The maximum atomic E-state index is 13.0. The molecule has 2 rings (SSSR count). The predicted octanol–water partition coefficient (Wildman–Crippen LogP) is 1.24. The molecule has 1 N–H and O–H groups in total. The summed E-state index contributed by atoms with van der Waals surface area (Å²) in [5.41, 5.74) is 0. The third kappa shape index (κ3) is 0.855. The topological polar surface area (TPSA) is 12.0 Å². The highest BCUT2D eigenvalue weighted by Crippen LogP contribution is 2.28. The normalized spacial score (nSPS) is 59.4. The van der Waals surface area contributed by atoms with Crippen molar-refractivity contribution >= 4 is 0 Å². The zero-order valence-electron chi connectivity index (χ0n) is 6.31. The Balaban J connectivity index is 2.09. The second kappa shape index (κ2) is 1.94. The van der Waals surface area contributed by atoms with Gasteiger partial charge in [0.15, 0.2) is 0 Å². The summed E-state index contributed by atoms with van der Waals surface area (Å²) in [5, 5.41) is 3.18. The van der Waals surface area contributed by atoms with Gasteiger partial charge in [0.2, 0.25) is 0 Å². The van der Waals surface area contributed by atoms with E-state index in [2.05, 4.69) is 5.32 Å². The van der Waals surface area contributed by atoms with Crippen LogP contribution in [0.3, 0.4) is 0 Å². The van der Waals surface area contributed by atoms with Crippen molar-refractivity contribution in [3.63, 3.8) is 0 Å². The van der Waals surface area contributed by atoms with Gasteiger partial charge in [-0.05, 0) is 25.7 Å². The fourth-order valence-corrected chi connectivity index (χ4v) is 1.75. The average molecular weight is 130 g/mol. The molecule has 0 radical (unpaired) electrons. The van der Waals surface area contributed by atoms with E-state index in [1.807, 2.05) is 0 Å². The van der Waals surface area contributed by atoms with Crippen molar-refractivity contribution in [2.75, 3.05) is 0 Å². The van der Waals surface area contributed by atoms with E-state index in [-0.39, 0.29) is 6.04 Å². The molecule has 2 heteroatoms. The van der Waals surface area contributed by atoms with Gasteiger partial charge in [0.05, 0.1) is 0 Å². The first-order valence-electron chi connectivity index (χ1n) is 4.17. The van der Waals surface area contributed by atoms with Crippen LogP contribution >= 0.6 is 0 Å². The molecular formula is C7H12FN. The fourth-order valence-electron chi connectivity index (χ4n) is 1.75. The SMILES string of the molecule is [2H][C@H]1C[C@@H]2CC[C@@H](N2)[C@@H]1F. The fraction of sp³-hybridized carbons (Fsp3) is 1.00. The molecule has 0 aromatic carbocycles. The van der Waals surface area contributed by atoms with Crippen LogP contribution in [-0.2, 0) is 0 Å². The summed E-state index contributed by atoms with van der Waals surface area (Å²) in [6.45, 7) is 0. The molecule has 9 heavy (non-hydrogen) atoms. The molecule has 2 fully saturated rings. The Morgan fingerprint density at radius 3 is 3.22 bits per heavy atom. The number of nitrogens with one attached hydrogen (secondary N) is 1. The van der Waals surface area contributed by atoms with Crippen LogP contribution in [0.1, 0.15) is 27.0 Å². The lowest BCUT2D eigenvalue weighted by atomic mass is 10.0. The quantitative estimate of drug-likeness (QED) is 0.520. The molecule has 2 aliphatic heterocycles. The molecular weight excluding hydrogens is 117 g/mol. The molecule has 2 saturated heterocycles. The molecule has 0 saturated carbocycles. The number of rotatable bonds is 0. The Labute approximate surface area is 56.0 Å². The molecule has 4 atom stereocenters. The molecule has 0 spiro atoms. The lowest BCUT2D eigenvalue weighted by Crippen LogP contribution is -2.41. The summed E-state index contributed by atoms with van der Waals surface area (Å²) >= 11 is 0. The second-order valence-corrected chi connectivity index (χ2v) is 2.96. The summed E-state index contributed by atoms with van der Waals surface area (Å²) in [4.78, 5) is 0. The largest absolute Gasteiger partial charge is 0.308 e. The number of hydrogen-bond acceptors (Lipinski definition) is 1. The molecule has 2 aliphatic rings. The lowest BCUT2D eigenvalue weighted by molar-refractivity contribution is 0.208. The maximum Gasteiger partial charge on any atom is 0.115 e. The van der Waals surface area contributed by atoms with Crippen molar-refractivity contribution in [3.8, 4) is 0 Å². The zero-order chi connectivity index (χ0) is 7.14. The first-order valence-corrected chi connectivity index (χ1v) is 3.60. The average Bonchev–Trinajstić information content (AvgIpc) is 2.29. The van der Waals surface area contributed by atoms with E-state index in [1.54, 1.807) is 0 Å². The monoisotopic (exact) mass is 130 g/mol. The van der Waals surface area contributed by atoms with Crippen molar-refractivity contribution in [2.45, 2.75) is 43.9 Å². The Bertz CT molecular complexity index is 142. The highest BCUT2D eigenvalue weighted by molar-refractivity contribution is 4.93. The highest BCUT2D eigenvalue weighted by atomic mass is 19.1. The number of piperidine rings is 1. The molecule has 0 aliphatic carbocycles. The van der Waals surface area contributed by atoms with E-state index < -0.39 is 12.6 Å². The van der Waals surface area contributed by atoms with Gasteiger partial charge in [-0.3, -0.25) is 0 Å². The molecule has 0 aromatic rings. The van der Waals surface area contributed by atoms with Gasteiger partial charge in [0, 0.05) is 13.5 Å². The van der Waals surface area contributed by atoms with Crippen LogP contribution in [0, 0.1) is 0 Å². The summed E-state index contributed by atoms with van der Waals surface area (Å²) < 4.78 is 20.4. The van der Waals surface area contributed by atoms with E-state index >= 15 is 0 Å².